The summed E-state index contributed by atoms with van der Waals surface area (Å²) in [5.41, 5.74) is 6.16. The molecule has 85 valence electrons. The summed E-state index contributed by atoms with van der Waals surface area (Å²) in [4.78, 5) is 2.43. The lowest BCUT2D eigenvalue weighted by atomic mass is 9.89. The van der Waals surface area contributed by atoms with Crippen LogP contribution in [0, 0.1) is 6.42 Å². The van der Waals surface area contributed by atoms with Gasteiger partial charge in [-0.25, -0.2) is 0 Å². The van der Waals surface area contributed by atoms with E-state index >= 15 is 0 Å². The van der Waals surface area contributed by atoms with E-state index in [1.54, 1.807) is 0 Å². The molecule has 0 aliphatic rings. The van der Waals surface area contributed by atoms with E-state index in [9.17, 15) is 0 Å². The van der Waals surface area contributed by atoms with Gasteiger partial charge in [0, 0.05) is 5.54 Å². The maximum absolute atomic E-state index is 6.19. The smallest absolute Gasteiger partial charge is 0.0181 e. The highest BCUT2D eigenvalue weighted by molar-refractivity contribution is 4.95. The zero-order valence-electron chi connectivity index (χ0n) is 10.3. The predicted octanol–water partition coefficient (Wildman–Crippen LogP) is 2.44. The maximum atomic E-state index is 6.19. The van der Waals surface area contributed by atoms with Crippen LogP contribution in [0.25, 0.3) is 0 Å². The fourth-order valence-electron chi connectivity index (χ4n) is 1.61. The van der Waals surface area contributed by atoms with Gasteiger partial charge in [-0.2, -0.15) is 0 Å². The average molecular weight is 199 g/mol. The fraction of sp³-hybridized carbons (Fsp3) is 0.917. The summed E-state index contributed by atoms with van der Waals surface area (Å²) in [6, 6.07) is 0. The largest absolute Gasteiger partial charge is 0.325 e. The first-order chi connectivity index (χ1) is 6.61. The molecular formula is C12H27N2. The van der Waals surface area contributed by atoms with Crippen molar-refractivity contribution >= 4 is 0 Å². The summed E-state index contributed by atoms with van der Waals surface area (Å²) >= 11 is 0. The van der Waals surface area contributed by atoms with Gasteiger partial charge in [-0.1, -0.05) is 27.7 Å². The second-order valence-corrected chi connectivity index (χ2v) is 3.96. The molecule has 2 nitrogen and oxygen atoms in total. The Kier molecular flexibility index (Phi) is 7.20. The Morgan fingerprint density at radius 1 is 1.07 bits per heavy atom. The van der Waals surface area contributed by atoms with Crippen LogP contribution in [0.1, 0.15) is 47.0 Å². The summed E-state index contributed by atoms with van der Waals surface area (Å²) in [6.45, 7) is 12.2. The monoisotopic (exact) mass is 199 g/mol. The molecule has 2 N–H and O–H groups in total. The number of rotatable bonds is 8. The molecule has 0 fully saturated rings. The van der Waals surface area contributed by atoms with Crippen LogP contribution in [0.3, 0.4) is 0 Å². The number of nitrogens with two attached hydrogens (primary N) is 1. The van der Waals surface area contributed by atoms with Crippen molar-refractivity contribution in [1.29, 1.82) is 0 Å². The summed E-state index contributed by atoms with van der Waals surface area (Å²) in [7, 11) is 0. The van der Waals surface area contributed by atoms with Crippen molar-refractivity contribution in [3.63, 3.8) is 0 Å². The van der Waals surface area contributed by atoms with Crippen molar-refractivity contribution in [2.24, 2.45) is 5.73 Å². The average Bonchev–Trinajstić information content (AvgIpc) is 2.24. The summed E-state index contributed by atoms with van der Waals surface area (Å²) in [5.74, 6) is 0. The highest BCUT2D eigenvalue weighted by atomic mass is 15.1. The first-order valence-corrected chi connectivity index (χ1v) is 5.97. The van der Waals surface area contributed by atoms with Gasteiger partial charge in [0.1, 0.15) is 0 Å². The lowest BCUT2D eigenvalue weighted by Crippen LogP contribution is -2.39. The van der Waals surface area contributed by atoms with Crippen molar-refractivity contribution in [2.75, 3.05) is 19.6 Å². The zero-order chi connectivity index (χ0) is 11.0. The van der Waals surface area contributed by atoms with Crippen LogP contribution in [0.4, 0.5) is 0 Å². The van der Waals surface area contributed by atoms with Crippen LogP contribution in [0.2, 0.25) is 0 Å². The predicted molar refractivity (Wildman–Crippen MR) is 64.2 cm³/mol. The molecule has 14 heavy (non-hydrogen) atoms. The molecule has 0 aromatic heterocycles. The van der Waals surface area contributed by atoms with Crippen LogP contribution in [-0.2, 0) is 0 Å². The second-order valence-electron chi connectivity index (χ2n) is 3.96. The molecule has 0 aromatic rings. The van der Waals surface area contributed by atoms with E-state index in [0.717, 1.165) is 38.9 Å². The van der Waals surface area contributed by atoms with Gasteiger partial charge in [0.05, 0.1) is 0 Å². The maximum Gasteiger partial charge on any atom is 0.0181 e. The number of hydrogen-bond donors (Lipinski definition) is 1. The molecule has 0 aromatic carbocycles. The number of nitrogens with zero attached hydrogens (tertiary/aromatic N) is 1. The van der Waals surface area contributed by atoms with Gasteiger partial charge >= 0.3 is 0 Å². The first kappa shape index (κ1) is 13.9. The van der Waals surface area contributed by atoms with Crippen LogP contribution in [0.5, 0.6) is 0 Å². The normalized spacial score (nSPS) is 12.4. The van der Waals surface area contributed by atoms with Crippen molar-refractivity contribution in [1.82, 2.24) is 4.90 Å². The molecule has 0 atom stereocenters. The molecule has 0 bridgehead atoms. The molecule has 0 spiro atoms. The van der Waals surface area contributed by atoms with E-state index in [1.807, 2.05) is 0 Å². The van der Waals surface area contributed by atoms with E-state index in [0.29, 0.717) is 0 Å². The van der Waals surface area contributed by atoms with Gasteiger partial charge in [-0.15, -0.1) is 0 Å². The quantitative estimate of drug-likeness (QED) is 0.650. The molecule has 2 heteroatoms. The third kappa shape index (κ3) is 4.97. The zero-order valence-corrected chi connectivity index (χ0v) is 10.3. The Bertz CT molecular complexity index is 126. The third-order valence-corrected chi connectivity index (χ3v) is 3.21. The SMILES string of the molecule is CCN(CC)CC[CH]C(N)(CC)CC. The molecule has 0 saturated heterocycles. The van der Waals surface area contributed by atoms with Crippen molar-refractivity contribution < 1.29 is 0 Å². The van der Waals surface area contributed by atoms with E-state index in [1.165, 1.54) is 0 Å². The Labute approximate surface area is 89.9 Å². The number of hydrogen-bond acceptors (Lipinski definition) is 2. The molecule has 1 radical (unpaired) electrons. The van der Waals surface area contributed by atoms with Gasteiger partial charge in [-0.05, 0) is 45.3 Å². The first-order valence-electron chi connectivity index (χ1n) is 5.97. The van der Waals surface area contributed by atoms with Crippen LogP contribution in [0.15, 0.2) is 0 Å². The summed E-state index contributed by atoms with van der Waals surface area (Å²) < 4.78 is 0. The van der Waals surface area contributed by atoms with E-state index in [4.69, 9.17) is 5.73 Å². The molecule has 0 aliphatic carbocycles. The van der Waals surface area contributed by atoms with E-state index < -0.39 is 0 Å². The molecule has 0 heterocycles. The lowest BCUT2D eigenvalue weighted by Gasteiger charge is -2.27. The Morgan fingerprint density at radius 2 is 1.57 bits per heavy atom. The highest BCUT2D eigenvalue weighted by Gasteiger charge is 2.19. The second kappa shape index (κ2) is 7.24. The summed E-state index contributed by atoms with van der Waals surface area (Å²) in [6.07, 6.45) is 5.49. The third-order valence-electron chi connectivity index (χ3n) is 3.21. The van der Waals surface area contributed by atoms with Crippen LogP contribution in [-0.4, -0.2) is 30.1 Å². The van der Waals surface area contributed by atoms with Gasteiger partial charge in [0.2, 0.25) is 0 Å². The Morgan fingerprint density at radius 3 is 1.93 bits per heavy atom. The van der Waals surface area contributed by atoms with Gasteiger partial charge in [0.15, 0.2) is 0 Å². The minimum absolute atomic E-state index is 0.0346. The van der Waals surface area contributed by atoms with Crippen molar-refractivity contribution in [2.45, 2.75) is 52.5 Å². The van der Waals surface area contributed by atoms with E-state index in [2.05, 4.69) is 39.0 Å². The van der Waals surface area contributed by atoms with Crippen molar-refractivity contribution in [3.05, 3.63) is 6.42 Å². The molecule has 0 unspecified atom stereocenters. The van der Waals surface area contributed by atoms with Crippen molar-refractivity contribution in [3.8, 4) is 0 Å². The standard InChI is InChI=1S/C12H27N2/c1-5-12(13,6-2)10-9-11-14(7-3)8-4/h10H,5-9,11,13H2,1-4H3. The van der Waals surface area contributed by atoms with Gasteiger partial charge in [0.25, 0.3) is 0 Å². The van der Waals surface area contributed by atoms with Crippen LogP contribution < -0.4 is 5.73 Å². The molecule has 0 rings (SSSR count). The van der Waals surface area contributed by atoms with E-state index in [-0.39, 0.29) is 5.54 Å². The topological polar surface area (TPSA) is 29.3 Å². The van der Waals surface area contributed by atoms with Gasteiger partial charge < -0.3 is 10.6 Å². The minimum Gasteiger partial charge on any atom is -0.325 e. The van der Waals surface area contributed by atoms with Crippen LogP contribution >= 0.6 is 0 Å². The Hall–Kier alpha value is -0.0800. The highest BCUT2D eigenvalue weighted by Crippen LogP contribution is 2.16. The molecule has 0 saturated carbocycles. The Balaban J connectivity index is 3.70. The summed E-state index contributed by atoms with van der Waals surface area (Å²) in [5, 5.41) is 0. The molecular weight excluding hydrogens is 172 g/mol. The lowest BCUT2D eigenvalue weighted by molar-refractivity contribution is 0.297. The molecule has 0 amide bonds. The fourth-order valence-corrected chi connectivity index (χ4v) is 1.61. The molecule has 0 aliphatic heterocycles. The minimum atomic E-state index is -0.0346. The van der Waals surface area contributed by atoms with Gasteiger partial charge in [-0.3, -0.25) is 0 Å².